The molecule has 30 heavy (non-hydrogen) atoms. The second kappa shape index (κ2) is 8.22. The molecule has 0 amide bonds. The number of benzene rings is 3. The average Bonchev–Trinajstić information content (AvgIpc) is 3.12. The van der Waals surface area contributed by atoms with Gasteiger partial charge in [0, 0.05) is 18.2 Å². The molecule has 0 aliphatic carbocycles. The molecule has 6 heteroatoms. The molecule has 0 radical (unpaired) electrons. The molecule has 0 bridgehead atoms. The second-order valence-corrected chi connectivity index (χ2v) is 7.11. The summed E-state index contributed by atoms with van der Waals surface area (Å²) in [6.07, 6.45) is -2.68. The summed E-state index contributed by atoms with van der Waals surface area (Å²) in [5.41, 5.74) is 2.56. The van der Waals surface area contributed by atoms with Crippen LogP contribution in [-0.2, 0) is 19.1 Å². The van der Waals surface area contributed by atoms with Crippen molar-refractivity contribution in [1.82, 2.24) is 9.55 Å². The number of methoxy groups -OCH3 is 1. The van der Waals surface area contributed by atoms with E-state index >= 15 is 0 Å². The van der Waals surface area contributed by atoms with Crippen molar-refractivity contribution in [2.24, 2.45) is 0 Å². The van der Waals surface area contributed by atoms with Gasteiger partial charge in [-0.2, -0.15) is 13.2 Å². The molecule has 1 heterocycles. The van der Waals surface area contributed by atoms with Gasteiger partial charge in [0.25, 0.3) is 0 Å². The van der Waals surface area contributed by atoms with Crippen LogP contribution >= 0.6 is 0 Å². The smallest absolute Gasteiger partial charge is 0.416 e. The summed E-state index contributed by atoms with van der Waals surface area (Å²) in [4.78, 5) is 4.66. The average molecular weight is 410 g/mol. The Morgan fingerprint density at radius 2 is 1.73 bits per heavy atom. The predicted octanol–water partition coefficient (Wildman–Crippen LogP) is 6.36. The predicted molar refractivity (Wildman–Crippen MR) is 111 cm³/mol. The lowest BCUT2D eigenvalue weighted by Gasteiger charge is -2.12. The molecule has 1 aromatic heterocycles. The van der Waals surface area contributed by atoms with E-state index in [4.69, 9.17) is 4.74 Å². The molecular weight excluding hydrogens is 389 g/mol. The molecule has 0 atom stereocenters. The molecule has 154 valence electrons. The van der Waals surface area contributed by atoms with E-state index in [1.165, 1.54) is 11.6 Å². The van der Waals surface area contributed by atoms with Crippen LogP contribution in [0, 0.1) is 0 Å². The van der Waals surface area contributed by atoms with Crippen LogP contribution in [-0.4, -0.2) is 16.7 Å². The van der Waals surface area contributed by atoms with Gasteiger partial charge in [0.15, 0.2) is 0 Å². The van der Waals surface area contributed by atoms with Gasteiger partial charge < -0.3 is 9.30 Å². The lowest BCUT2D eigenvalue weighted by Crippen LogP contribution is -2.06. The highest BCUT2D eigenvalue weighted by atomic mass is 19.4. The number of rotatable bonds is 6. The van der Waals surface area contributed by atoms with Gasteiger partial charge in [-0.3, -0.25) is 0 Å². The Morgan fingerprint density at radius 1 is 0.933 bits per heavy atom. The summed E-state index contributed by atoms with van der Waals surface area (Å²) in [5.74, 6) is 1.18. The fourth-order valence-electron chi connectivity index (χ4n) is 3.60. The SMILES string of the molecule is COc1ccc2c(c1)nc(-c1cccc(C(F)(F)F)c1)n2CCCc1ccccc1. The summed E-state index contributed by atoms with van der Waals surface area (Å²) in [6.45, 7) is 0.642. The quantitative estimate of drug-likeness (QED) is 0.370. The standard InChI is InChI=1S/C24H21F3N2O/c1-30-20-12-13-22-21(16-20)28-23(18-10-5-11-19(15-18)24(25,26)27)29(22)14-6-9-17-7-3-2-4-8-17/h2-5,7-8,10-13,15-16H,6,9,14H2,1H3. The van der Waals surface area contributed by atoms with E-state index in [2.05, 4.69) is 17.1 Å². The molecule has 0 spiro atoms. The van der Waals surface area contributed by atoms with Crippen molar-refractivity contribution in [3.05, 3.63) is 83.9 Å². The van der Waals surface area contributed by atoms with E-state index in [1.54, 1.807) is 19.2 Å². The number of hydrogen-bond donors (Lipinski definition) is 0. The van der Waals surface area contributed by atoms with Gasteiger partial charge in [-0.1, -0.05) is 42.5 Å². The van der Waals surface area contributed by atoms with E-state index in [1.807, 2.05) is 34.9 Å². The van der Waals surface area contributed by atoms with Crippen molar-refractivity contribution in [1.29, 1.82) is 0 Å². The Labute approximate surface area is 172 Å². The summed E-state index contributed by atoms with van der Waals surface area (Å²) < 4.78 is 47.0. The number of imidazole rings is 1. The molecule has 0 saturated heterocycles. The van der Waals surface area contributed by atoms with Crippen LogP contribution in [0.2, 0.25) is 0 Å². The third kappa shape index (κ3) is 4.17. The van der Waals surface area contributed by atoms with Crippen LogP contribution < -0.4 is 4.74 Å². The molecular formula is C24H21F3N2O. The largest absolute Gasteiger partial charge is 0.497 e. The number of aromatic nitrogens is 2. The van der Waals surface area contributed by atoms with Gasteiger partial charge in [-0.15, -0.1) is 0 Å². The molecule has 0 aliphatic rings. The molecule has 0 fully saturated rings. The van der Waals surface area contributed by atoms with Crippen LogP contribution in [0.1, 0.15) is 17.5 Å². The van der Waals surface area contributed by atoms with Crippen molar-refractivity contribution < 1.29 is 17.9 Å². The maximum absolute atomic E-state index is 13.2. The lowest BCUT2D eigenvalue weighted by molar-refractivity contribution is -0.137. The first-order valence-corrected chi connectivity index (χ1v) is 9.71. The highest BCUT2D eigenvalue weighted by Crippen LogP contribution is 2.33. The Kier molecular flexibility index (Phi) is 5.48. The Balaban J connectivity index is 1.73. The van der Waals surface area contributed by atoms with Crippen molar-refractivity contribution in [2.75, 3.05) is 7.11 Å². The monoisotopic (exact) mass is 410 g/mol. The fourth-order valence-corrected chi connectivity index (χ4v) is 3.60. The van der Waals surface area contributed by atoms with Crippen LogP contribution in [0.5, 0.6) is 5.75 Å². The molecule has 4 aromatic rings. The topological polar surface area (TPSA) is 27.1 Å². The number of nitrogens with zero attached hydrogens (tertiary/aromatic N) is 2. The van der Waals surface area contributed by atoms with E-state index in [0.717, 1.165) is 30.5 Å². The number of fused-ring (bicyclic) bond motifs is 1. The third-order valence-corrected chi connectivity index (χ3v) is 5.09. The molecule has 0 unspecified atom stereocenters. The zero-order chi connectivity index (χ0) is 21.1. The van der Waals surface area contributed by atoms with Gasteiger partial charge in [-0.25, -0.2) is 4.98 Å². The zero-order valence-corrected chi connectivity index (χ0v) is 16.5. The van der Waals surface area contributed by atoms with Crippen LogP contribution in [0.4, 0.5) is 13.2 Å². The number of ether oxygens (including phenoxy) is 1. The Bertz CT molecular complexity index is 1150. The molecule has 0 aliphatic heterocycles. The highest BCUT2D eigenvalue weighted by Gasteiger charge is 2.30. The van der Waals surface area contributed by atoms with Gasteiger partial charge in [0.05, 0.1) is 23.7 Å². The van der Waals surface area contributed by atoms with Crippen molar-refractivity contribution in [2.45, 2.75) is 25.6 Å². The summed E-state index contributed by atoms with van der Waals surface area (Å²) in [7, 11) is 1.58. The molecule has 3 nitrogen and oxygen atoms in total. The van der Waals surface area contributed by atoms with Gasteiger partial charge in [0.1, 0.15) is 11.6 Å². The van der Waals surface area contributed by atoms with Crippen LogP contribution in [0.3, 0.4) is 0 Å². The zero-order valence-electron chi connectivity index (χ0n) is 16.5. The minimum Gasteiger partial charge on any atom is -0.497 e. The Hall–Kier alpha value is -3.28. The van der Waals surface area contributed by atoms with E-state index in [-0.39, 0.29) is 0 Å². The van der Waals surface area contributed by atoms with E-state index in [0.29, 0.717) is 29.2 Å². The third-order valence-electron chi connectivity index (χ3n) is 5.09. The van der Waals surface area contributed by atoms with Crippen LogP contribution in [0.25, 0.3) is 22.4 Å². The molecule has 0 N–H and O–H groups in total. The second-order valence-electron chi connectivity index (χ2n) is 7.11. The molecule has 3 aromatic carbocycles. The summed E-state index contributed by atoms with van der Waals surface area (Å²) in [5, 5.41) is 0. The van der Waals surface area contributed by atoms with E-state index < -0.39 is 11.7 Å². The van der Waals surface area contributed by atoms with Crippen molar-refractivity contribution in [3.63, 3.8) is 0 Å². The maximum atomic E-state index is 13.2. The fraction of sp³-hybridized carbons (Fsp3) is 0.208. The van der Waals surface area contributed by atoms with Gasteiger partial charge in [-0.05, 0) is 42.7 Å². The first-order valence-electron chi connectivity index (χ1n) is 9.71. The van der Waals surface area contributed by atoms with Crippen LogP contribution in [0.15, 0.2) is 72.8 Å². The first-order chi connectivity index (χ1) is 14.5. The number of aryl methyl sites for hydroxylation is 2. The molecule has 0 saturated carbocycles. The first kappa shape index (κ1) is 20.0. The van der Waals surface area contributed by atoms with Gasteiger partial charge in [0.2, 0.25) is 0 Å². The minimum atomic E-state index is -4.40. The summed E-state index contributed by atoms with van der Waals surface area (Å²) >= 11 is 0. The number of alkyl halides is 3. The highest BCUT2D eigenvalue weighted by molar-refractivity contribution is 5.82. The number of halogens is 3. The number of hydrogen-bond acceptors (Lipinski definition) is 2. The molecule has 4 rings (SSSR count). The maximum Gasteiger partial charge on any atom is 0.416 e. The van der Waals surface area contributed by atoms with Crippen molar-refractivity contribution in [3.8, 4) is 17.1 Å². The van der Waals surface area contributed by atoms with Gasteiger partial charge >= 0.3 is 6.18 Å². The van der Waals surface area contributed by atoms with E-state index in [9.17, 15) is 13.2 Å². The lowest BCUT2D eigenvalue weighted by atomic mass is 10.1. The normalized spacial score (nSPS) is 11.7. The summed E-state index contributed by atoms with van der Waals surface area (Å²) in [6, 6.07) is 21.0. The Morgan fingerprint density at radius 3 is 2.47 bits per heavy atom. The van der Waals surface area contributed by atoms with Crippen molar-refractivity contribution >= 4 is 11.0 Å². The minimum absolute atomic E-state index is 0.444.